The van der Waals surface area contributed by atoms with E-state index in [9.17, 15) is 9.18 Å². The first-order valence-electron chi connectivity index (χ1n) is 6.67. The van der Waals surface area contributed by atoms with E-state index in [4.69, 9.17) is 17.3 Å². The quantitative estimate of drug-likeness (QED) is 0.822. The maximum atomic E-state index is 14.0. The average Bonchev–Trinajstić information content (AvgIpc) is 2.49. The summed E-state index contributed by atoms with van der Waals surface area (Å²) in [6, 6.07) is 10.2. The van der Waals surface area contributed by atoms with Crippen molar-refractivity contribution in [3.05, 3.63) is 63.9 Å². The molecule has 1 aliphatic rings. The molecule has 1 aliphatic heterocycles. The minimum Gasteiger partial charge on any atom is -0.398 e. The summed E-state index contributed by atoms with van der Waals surface area (Å²) < 4.78 is 14.0. The van der Waals surface area contributed by atoms with Crippen molar-refractivity contribution < 1.29 is 9.18 Å². The maximum absolute atomic E-state index is 14.0. The minimum atomic E-state index is -0.670. The fourth-order valence-corrected chi connectivity index (χ4v) is 2.79. The molecular formula is C16H14ClFN2O. The zero-order valence-electron chi connectivity index (χ0n) is 11.3. The van der Waals surface area contributed by atoms with Gasteiger partial charge in [-0.2, -0.15) is 0 Å². The molecule has 0 unspecified atom stereocenters. The summed E-state index contributed by atoms with van der Waals surface area (Å²) >= 11 is 5.74. The van der Waals surface area contributed by atoms with Gasteiger partial charge in [-0.15, -0.1) is 0 Å². The first kappa shape index (κ1) is 13.9. The molecule has 21 heavy (non-hydrogen) atoms. The predicted octanol–water partition coefficient (Wildman–Crippen LogP) is 3.26. The van der Waals surface area contributed by atoms with Gasteiger partial charge in [0.1, 0.15) is 0 Å². The molecule has 0 bridgehead atoms. The third-order valence-corrected chi connectivity index (χ3v) is 4.07. The third-order valence-electron chi connectivity index (χ3n) is 3.78. The molecule has 0 spiro atoms. The Morgan fingerprint density at radius 1 is 1.24 bits per heavy atom. The van der Waals surface area contributed by atoms with Gasteiger partial charge < -0.3 is 10.6 Å². The van der Waals surface area contributed by atoms with Gasteiger partial charge in [-0.1, -0.05) is 29.8 Å². The first-order chi connectivity index (χ1) is 10.1. The number of nitrogen functional groups attached to an aromatic ring is 1. The zero-order chi connectivity index (χ0) is 15.0. The van der Waals surface area contributed by atoms with Gasteiger partial charge in [0, 0.05) is 18.8 Å². The number of nitrogens with zero attached hydrogens (tertiary/aromatic N) is 1. The number of halogens is 2. The minimum absolute atomic E-state index is 0.000419. The normalized spacial score (nSPS) is 13.9. The van der Waals surface area contributed by atoms with Gasteiger partial charge in [-0.3, -0.25) is 4.79 Å². The molecule has 1 amide bonds. The molecule has 0 atom stereocenters. The van der Waals surface area contributed by atoms with Crippen LogP contribution in [0.1, 0.15) is 21.5 Å². The van der Waals surface area contributed by atoms with Crippen molar-refractivity contribution in [3.63, 3.8) is 0 Å². The molecule has 0 radical (unpaired) electrons. The molecule has 2 N–H and O–H groups in total. The number of carbonyl (C=O) groups is 1. The molecule has 0 saturated heterocycles. The molecule has 0 aliphatic carbocycles. The lowest BCUT2D eigenvalue weighted by Crippen LogP contribution is -2.36. The summed E-state index contributed by atoms with van der Waals surface area (Å²) in [4.78, 5) is 14.1. The number of hydrogen-bond acceptors (Lipinski definition) is 2. The maximum Gasteiger partial charge on any atom is 0.257 e. The van der Waals surface area contributed by atoms with Gasteiger partial charge in [-0.05, 0) is 35.7 Å². The standard InChI is InChI=1S/C16H14ClFN2O/c17-13-5-2-4-11(15(13)18)16(21)20-8-7-10-3-1-6-14(19)12(10)9-20/h1-6H,7-9,19H2. The van der Waals surface area contributed by atoms with Crippen LogP contribution in [0.4, 0.5) is 10.1 Å². The van der Waals surface area contributed by atoms with Crippen molar-refractivity contribution in [1.82, 2.24) is 4.90 Å². The van der Waals surface area contributed by atoms with Crippen LogP contribution in [0.25, 0.3) is 0 Å². The fraction of sp³-hybridized carbons (Fsp3) is 0.188. The summed E-state index contributed by atoms with van der Waals surface area (Å²) in [5, 5.41) is -0.0437. The fourth-order valence-electron chi connectivity index (χ4n) is 2.62. The van der Waals surface area contributed by atoms with E-state index >= 15 is 0 Å². The van der Waals surface area contributed by atoms with E-state index in [-0.39, 0.29) is 16.5 Å². The molecule has 2 aromatic carbocycles. The van der Waals surface area contributed by atoms with Crippen LogP contribution in [0.3, 0.4) is 0 Å². The molecule has 3 nitrogen and oxygen atoms in total. The van der Waals surface area contributed by atoms with Gasteiger partial charge in [0.25, 0.3) is 5.91 Å². The highest BCUT2D eigenvalue weighted by molar-refractivity contribution is 6.31. The molecule has 3 rings (SSSR count). The number of hydrogen-bond donors (Lipinski definition) is 1. The van der Waals surface area contributed by atoms with Gasteiger partial charge in [0.2, 0.25) is 0 Å². The number of rotatable bonds is 1. The van der Waals surface area contributed by atoms with E-state index in [0.29, 0.717) is 25.2 Å². The van der Waals surface area contributed by atoms with E-state index in [1.54, 1.807) is 11.0 Å². The Morgan fingerprint density at radius 2 is 2.00 bits per heavy atom. The lowest BCUT2D eigenvalue weighted by Gasteiger charge is -2.30. The van der Waals surface area contributed by atoms with Crippen LogP contribution >= 0.6 is 11.6 Å². The van der Waals surface area contributed by atoms with Crippen LogP contribution in [-0.2, 0) is 13.0 Å². The molecule has 0 aromatic heterocycles. The van der Waals surface area contributed by atoms with E-state index in [2.05, 4.69) is 0 Å². The van der Waals surface area contributed by atoms with Crippen molar-refractivity contribution in [2.75, 3.05) is 12.3 Å². The Morgan fingerprint density at radius 3 is 2.81 bits per heavy atom. The summed E-state index contributed by atoms with van der Waals surface area (Å²) in [5.41, 5.74) is 8.72. The topological polar surface area (TPSA) is 46.3 Å². The van der Waals surface area contributed by atoms with Crippen LogP contribution in [-0.4, -0.2) is 17.4 Å². The molecule has 5 heteroatoms. The number of carbonyl (C=O) groups excluding carboxylic acids is 1. The predicted molar refractivity (Wildman–Crippen MR) is 80.7 cm³/mol. The molecule has 0 saturated carbocycles. The summed E-state index contributed by atoms with van der Waals surface area (Å²) in [6.45, 7) is 0.939. The Hall–Kier alpha value is -2.07. The SMILES string of the molecule is Nc1cccc2c1CN(C(=O)c1cccc(Cl)c1F)CC2. The zero-order valence-corrected chi connectivity index (χ0v) is 12.0. The highest BCUT2D eigenvalue weighted by Crippen LogP contribution is 2.26. The summed E-state index contributed by atoms with van der Waals surface area (Å²) in [5.74, 6) is -1.03. The second-order valence-electron chi connectivity index (χ2n) is 5.06. The van der Waals surface area contributed by atoms with Crippen LogP contribution in [0.15, 0.2) is 36.4 Å². The first-order valence-corrected chi connectivity index (χ1v) is 7.05. The van der Waals surface area contributed by atoms with E-state index in [0.717, 1.165) is 11.1 Å². The summed E-state index contributed by atoms with van der Waals surface area (Å²) in [7, 11) is 0. The van der Waals surface area contributed by atoms with Gasteiger partial charge >= 0.3 is 0 Å². The second-order valence-corrected chi connectivity index (χ2v) is 5.47. The van der Waals surface area contributed by atoms with Crippen molar-refractivity contribution in [2.24, 2.45) is 0 Å². The van der Waals surface area contributed by atoms with Crippen LogP contribution < -0.4 is 5.73 Å². The number of benzene rings is 2. The number of nitrogens with two attached hydrogens (primary N) is 1. The van der Waals surface area contributed by atoms with Gasteiger partial charge in [0.05, 0.1) is 10.6 Å². The van der Waals surface area contributed by atoms with Crippen LogP contribution in [0.2, 0.25) is 5.02 Å². The Labute approximate surface area is 127 Å². The van der Waals surface area contributed by atoms with E-state index in [1.165, 1.54) is 12.1 Å². The molecule has 0 fully saturated rings. The summed E-state index contributed by atoms with van der Waals surface area (Å²) in [6.07, 6.45) is 0.717. The van der Waals surface area contributed by atoms with E-state index < -0.39 is 5.82 Å². The van der Waals surface area contributed by atoms with Crippen LogP contribution in [0.5, 0.6) is 0 Å². The molecule has 108 valence electrons. The van der Waals surface area contributed by atoms with Crippen molar-refractivity contribution in [3.8, 4) is 0 Å². The monoisotopic (exact) mass is 304 g/mol. The Kier molecular flexibility index (Phi) is 3.55. The highest BCUT2D eigenvalue weighted by atomic mass is 35.5. The van der Waals surface area contributed by atoms with Crippen molar-refractivity contribution in [2.45, 2.75) is 13.0 Å². The second kappa shape index (κ2) is 5.37. The number of fused-ring (bicyclic) bond motifs is 1. The lowest BCUT2D eigenvalue weighted by molar-refractivity contribution is 0.0730. The highest BCUT2D eigenvalue weighted by Gasteiger charge is 2.25. The van der Waals surface area contributed by atoms with E-state index in [1.807, 2.05) is 18.2 Å². The van der Waals surface area contributed by atoms with Gasteiger partial charge in [-0.25, -0.2) is 4.39 Å². The van der Waals surface area contributed by atoms with Crippen molar-refractivity contribution >= 4 is 23.2 Å². The number of amides is 1. The van der Waals surface area contributed by atoms with Crippen molar-refractivity contribution in [1.29, 1.82) is 0 Å². The van der Waals surface area contributed by atoms with Crippen LogP contribution in [0, 0.1) is 5.82 Å². The largest absolute Gasteiger partial charge is 0.398 e. The Balaban J connectivity index is 1.91. The van der Waals surface area contributed by atoms with Gasteiger partial charge in [0.15, 0.2) is 5.82 Å². The molecule has 2 aromatic rings. The molecule has 1 heterocycles. The average molecular weight is 305 g/mol. The Bertz CT molecular complexity index is 717. The molecular weight excluding hydrogens is 291 g/mol. The third kappa shape index (κ3) is 2.47. The lowest BCUT2D eigenvalue weighted by atomic mass is 9.97. The number of anilines is 1. The smallest absolute Gasteiger partial charge is 0.257 e.